The number of pyridine rings is 1. The van der Waals surface area contributed by atoms with Crippen LogP contribution in [0.2, 0.25) is 0 Å². The Morgan fingerprint density at radius 1 is 1.44 bits per heavy atom. The topological polar surface area (TPSA) is 149 Å². The van der Waals surface area contributed by atoms with E-state index in [0.717, 1.165) is 0 Å². The third-order valence-electron chi connectivity index (χ3n) is 4.44. The Labute approximate surface area is 155 Å². The molecule has 1 amide bonds. The molecule has 140 valence electrons. The molecule has 2 rings (SSSR count). The largest absolute Gasteiger partial charge is 0.461 e. The Hall–Kier alpha value is -3.54. The lowest BCUT2D eigenvalue weighted by Gasteiger charge is -2.30. The molecule has 0 bridgehead atoms. The molecule has 2 N–H and O–H groups in total. The Bertz CT molecular complexity index is 883. The standard InChI is InChI=1S/C18H18N4O5/c1-10-13(12-5-3-7-21-9-12)11(2)16(22(25)26)15(14(10)17(20)23)18(24)27-8-4-6-19/h3,5,7,9,11,13H,4,8H2,1-2H3,(H2,20,23). The van der Waals surface area contributed by atoms with Crippen LogP contribution in [0.15, 0.2) is 46.9 Å². The summed E-state index contributed by atoms with van der Waals surface area (Å²) in [5, 5.41) is 20.3. The van der Waals surface area contributed by atoms with Crippen molar-refractivity contribution in [3.8, 4) is 6.07 Å². The van der Waals surface area contributed by atoms with Gasteiger partial charge >= 0.3 is 5.97 Å². The van der Waals surface area contributed by atoms with E-state index in [1.54, 1.807) is 44.4 Å². The molecule has 1 heterocycles. The summed E-state index contributed by atoms with van der Waals surface area (Å²) in [6.45, 7) is 2.96. The first-order valence-corrected chi connectivity index (χ1v) is 8.14. The number of nitrogens with two attached hydrogens (primary N) is 1. The molecule has 9 heteroatoms. The van der Waals surface area contributed by atoms with Crippen LogP contribution in [-0.2, 0) is 14.3 Å². The minimum Gasteiger partial charge on any atom is -0.461 e. The van der Waals surface area contributed by atoms with Gasteiger partial charge in [0.05, 0.1) is 28.9 Å². The number of aromatic nitrogens is 1. The number of hydrogen-bond acceptors (Lipinski definition) is 7. The van der Waals surface area contributed by atoms with Gasteiger partial charge in [0.15, 0.2) is 0 Å². The van der Waals surface area contributed by atoms with Crippen molar-refractivity contribution < 1.29 is 19.2 Å². The number of amides is 1. The number of allylic oxidation sites excluding steroid dienone is 2. The van der Waals surface area contributed by atoms with E-state index < -0.39 is 39.9 Å². The lowest BCUT2D eigenvalue weighted by Crippen LogP contribution is -2.33. The minimum atomic E-state index is -1.04. The molecule has 0 aromatic carbocycles. The normalized spacial score (nSPS) is 19.4. The van der Waals surface area contributed by atoms with Crippen molar-refractivity contribution in [3.63, 3.8) is 0 Å². The van der Waals surface area contributed by atoms with Crippen LogP contribution in [0.3, 0.4) is 0 Å². The van der Waals surface area contributed by atoms with Crippen molar-refractivity contribution in [2.75, 3.05) is 6.61 Å². The summed E-state index contributed by atoms with van der Waals surface area (Å²) in [6.07, 6.45) is 3.04. The Morgan fingerprint density at radius 2 is 2.15 bits per heavy atom. The van der Waals surface area contributed by atoms with E-state index in [9.17, 15) is 19.7 Å². The molecule has 0 saturated carbocycles. The zero-order valence-electron chi connectivity index (χ0n) is 14.8. The molecular formula is C18H18N4O5. The summed E-state index contributed by atoms with van der Waals surface area (Å²) in [7, 11) is 0. The van der Waals surface area contributed by atoms with Gasteiger partial charge in [0.1, 0.15) is 12.2 Å². The quantitative estimate of drug-likeness (QED) is 0.346. The van der Waals surface area contributed by atoms with E-state index in [4.69, 9.17) is 15.7 Å². The summed E-state index contributed by atoms with van der Waals surface area (Å²) in [6, 6.07) is 5.22. The average molecular weight is 370 g/mol. The van der Waals surface area contributed by atoms with E-state index in [1.165, 1.54) is 0 Å². The van der Waals surface area contributed by atoms with Crippen molar-refractivity contribution in [1.82, 2.24) is 4.98 Å². The highest BCUT2D eigenvalue weighted by molar-refractivity contribution is 6.10. The summed E-state index contributed by atoms with van der Waals surface area (Å²) in [5.41, 5.74) is 5.44. The summed E-state index contributed by atoms with van der Waals surface area (Å²) in [4.78, 5) is 39.7. The summed E-state index contributed by atoms with van der Waals surface area (Å²) in [5.74, 6) is -3.27. The summed E-state index contributed by atoms with van der Waals surface area (Å²) < 4.78 is 4.94. The number of carbonyl (C=O) groups is 2. The fourth-order valence-electron chi connectivity index (χ4n) is 3.38. The second-order valence-corrected chi connectivity index (χ2v) is 6.04. The van der Waals surface area contributed by atoms with Crippen LogP contribution >= 0.6 is 0 Å². The first kappa shape index (κ1) is 19.8. The highest BCUT2D eigenvalue weighted by atomic mass is 16.6. The number of ether oxygens (including phenoxy) is 1. The monoisotopic (exact) mass is 370 g/mol. The number of carbonyl (C=O) groups excluding carboxylic acids is 2. The van der Waals surface area contributed by atoms with Gasteiger partial charge in [0.25, 0.3) is 5.70 Å². The fraction of sp³-hybridized carbons (Fsp3) is 0.333. The van der Waals surface area contributed by atoms with E-state index in [2.05, 4.69) is 4.98 Å². The highest BCUT2D eigenvalue weighted by Gasteiger charge is 2.45. The average Bonchev–Trinajstić information content (AvgIpc) is 2.61. The molecule has 1 aromatic heterocycles. The molecule has 0 radical (unpaired) electrons. The second kappa shape index (κ2) is 8.23. The smallest absolute Gasteiger partial charge is 0.345 e. The van der Waals surface area contributed by atoms with Gasteiger partial charge in [-0.1, -0.05) is 18.6 Å². The van der Waals surface area contributed by atoms with Crippen molar-refractivity contribution in [2.45, 2.75) is 26.2 Å². The van der Waals surface area contributed by atoms with Crippen LogP contribution in [0, 0.1) is 27.4 Å². The molecule has 0 aliphatic heterocycles. The van der Waals surface area contributed by atoms with Gasteiger partial charge in [-0.3, -0.25) is 19.9 Å². The van der Waals surface area contributed by atoms with E-state index in [-0.39, 0.29) is 18.6 Å². The van der Waals surface area contributed by atoms with E-state index >= 15 is 0 Å². The molecule has 1 aliphatic rings. The SMILES string of the molecule is CC1=C(C(N)=O)C(C(=O)OCCC#N)=C([N+](=O)[O-])C(C)C1c1cccnc1. The number of esters is 1. The van der Waals surface area contributed by atoms with Gasteiger partial charge in [0.2, 0.25) is 5.91 Å². The maximum Gasteiger partial charge on any atom is 0.345 e. The van der Waals surface area contributed by atoms with Crippen LogP contribution in [0.4, 0.5) is 0 Å². The van der Waals surface area contributed by atoms with Crippen LogP contribution in [-0.4, -0.2) is 28.4 Å². The van der Waals surface area contributed by atoms with Gasteiger partial charge < -0.3 is 10.5 Å². The lowest BCUT2D eigenvalue weighted by atomic mass is 9.72. The van der Waals surface area contributed by atoms with E-state index in [1.807, 2.05) is 0 Å². The maximum absolute atomic E-state index is 12.5. The Kier molecular flexibility index (Phi) is 6.03. The number of nitrogens with zero attached hydrogens (tertiary/aromatic N) is 3. The Morgan fingerprint density at radius 3 is 2.67 bits per heavy atom. The zero-order chi connectivity index (χ0) is 20.1. The highest BCUT2D eigenvalue weighted by Crippen LogP contribution is 2.44. The minimum absolute atomic E-state index is 0.0741. The lowest BCUT2D eigenvalue weighted by molar-refractivity contribution is -0.435. The number of hydrogen-bond donors (Lipinski definition) is 1. The van der Waals surface area contributed by atoms with Gasteiger partial charge in [-0.2, -0.15) is 5.26 Å². The van der Waals surface area contributed by atoms with Crippen molar-refractivity contribution in [1.29, 1.82) is 5.26 Å². The third-order valence-corrected chi connectivity index (χ3v) is 4.44. The van der Waals surface area contributed by atoms with Crippen LogP contribution in [0.25, 0.3) is 0 Å². The molecular weight excluding hydrogens is 352 g/mol. The number of nitro groups is 1. The predicted octanol–water partition coefficient (Wildman–Crippen LogP) is 1.60. The molecule has 1 aliphatic carbocycles. The van der Waals surface area contributed by atoms with Crippen LogP contribution < -0.4 is 5.73 Å². The molecule has 1 aromatic rings. The molecule has 0 fully saturated rings. The first-order valence-electron chi connectivity index (χ1n) is 8.14. The first-order chi connectivity index (χ1) is 12.8. The molecule has 9 nitrogen and oxygen atoms in total. The molecule has 0 spiro atoms. The van der Waals surface area contributed by atoms with Gasteiger partial charge in [-0.15, -0.1) is 0 Å². The zero-order valence-corrected chi connectivity index (χ0v) is 14.8. The Balaban J connectivity index is 2.66. The van der Waals surface area contributed by atoms with Crippen LogP contribution in [0.1, 0.15) is 31.7 Å². The van der Waals surface area contributed by atoms with Crippen molar-refractivity contribution in [3.05, 3.63) is 62.6 Å². The molecule has 2 atom stereocenters. The van der Waals surface area contributed by atoms with Gasteiger partial charge in [0, 0.05) is 18.3 Å². The van der Waals surface area contributed by atoms with E-state index in [0.29, 0.717) is 11.1 Å². The number of nitriles is 1. The fourth-order valence-corrected chi connectivity index (χ4v) is 3.38. The molecule has 2 unspecified atom stereocenters. The summed E-state index contributed by atoms with van der Waals surface area (Å²) >= 11 is 0. The van der Waals surface area contributed by atoms with Crippen molar-refractivity contribution >= 4 is 11.9 Å². The van der Waals surface area contributed by atoms with Crippen molar-refractivity contribution in [2.24, 2.45) is 11.7 Å². The predicted molar refractivity (Wildman–Crippen MR) is 93.2 cm³/mol. The van der Waals surface area contributed by atoms with Gasteiger partial charge in [-0.05, 0) is 18.6 Å². The van der Waals surface area contributed by atoms with Gasteiger partial charge in [-0.25, -0.2) is 4.79 Å². The second-order valence-electron chi connectivity index (χ2n) is 6.04. The molecule has 27 heavy (non-hydrogen) atoms. The maximum atomic E-state index is 12.5. The number of primary amides is 1. The number of rotatable bonds is 6. The third kappa shape index (κ3) is 3.84. The molecule has 0 saturated heterocycles. The van der Waals surface area contributed by atoms with Crippen LogP contribution in [0.5, 0.6) is 0 Å².